The average molecular weight is 392 g/mol. The molecule has 0 aromatic carbocycles. The zero-order chi connectivity index (χ0) is 20.8. The van der Waals surface area contributed by atoms with Crippen LogP contribution in [0.5, 0.6) is 0 Å². The lowest BCUT2D eigenvalue weighted by Gasteiger charge is -2.15. The number of aromatic nitrogens is 1. The smallest absolute Gasteiger partial charge is 0.356 e. The maximum atomic E-state index is 12.2. The van der Waals surface area contributed by atoms with E-state index < -0.39 is 11.9 Å². The van der Waals surface area contributed by atoms with Gasteiger partial charge in [0, 0.05) is 6.20 Å². The minimum absolute atomic E-state index is 0.219. The van der Waals surface area contributed by atoms with E-state index in [9.17, 15) is 9.59 Å². The molecule has 0 aliphatic rings. The van der Waals surface area contributed by atoms with Crippen LogP contribution in [0, 0.1) is 11.8 Å². The molecule has 0 saturated carbocycles. The Kier molecular flexibility index (Phi) is 12.2. The Morgan fingerprint density at radius 3 is 1.82 bits per heavy atom. The molecule has 0 aliphatic heterocycles. The van der Waals surface area contributed by atoms with Crippen LogP contribution in [0.3, 0.4) is 0 Å². The first-order valence-electron chi connectivity index (χ1n) is 10.9. The fraction of sp³-hybridized carbons (Fsp3) is 0.696. The predicted octanol–water partition coefficient (Wildman–Crippen LogP) is 5.83. The van der Waals surface area contributed by atoms with Gasteiger partial charge in [0.15, 0.2) is 0 Å². The first-order chi connectivity index (χ1) is 13.5. The highest BCUT2D eigenvalue weighted by Crippen LogP contribution is 2.15. The standard InChI is InChI=1S/C23H37NO4/c1-5-9-11-18(7-3)16-27-22(25)20-13-14-21(24-15-20)23(26)28-17-19(8-4)12-10-6-2/h13-15,18-19H,5-12,16-17H2,1-4H3. The quantitative estimate of drug-likeness (QED) is 0.373. The Morgan fingerprint density at radius 1 is 0.857 bits per heavy atom. The van der Waals surface area contributed by atoms with Crippen molar-refractivity contribution >= 4 is 11.9 Å². The Balaban J connectivity index is 2.50. The van der Waals surface area contributed by atoms with E-state index >= 15 is 0 Å². The molecule has 0 amide bonds. The van der Waals surface area contributed by atoms with Gasteiger partial charge >= 0.3 is 11.9 Å². The molecule has 5 nitrogen and oxygen atoms in total. The molecular formula is C23H37NO4. The van der Waals surface area contributed by atoms with Crippen LogP contribution in [0.4, 0.5) is 0 Å². The van der Waals surface area contributed by atoms with Crippen molar-refractivity contribution in [3.63, 3.8) is 0 Å². The number of ether oxygens (including phenoxy) is 2. The minimum atomic E-state index is -0.444. The second-order valence-corrected chi connectivity index (χ2v) is 7.46. The molecule has 1 heterocycles. The molecule has 0 bridgehead atoms. The lowest BCUT2D eigenvalue weighted by molar-refractivity contribution is 0.0408. The minimum Gasteiger partial charge on any atom is -0.462 e. The maximum absolute atomic E-state index is 12.2. The highest BCUT2D eigenvalue weighted by Gasteiger charge is 2.16. The Morgan fingerprint density at radius 2 is 1.39 bits per heavy atom. The molecule has 2 atom stereocenters. The van der Waals surface area contributed by atoms with Crippen LogP contribution in [0.1, 0.15) is 99.9 Å². The van der Waals surface area contributed by atoms with Crippen LogP contribution < -0.4 is 0 Å². The van der Waals surface area contributed by atoms with Crippen molar-refractivity contribution in [2.45, 2.75) is 79.1 Å². The molecule has 28 heavy (non-hydrogen) atoms. The number of unbranched alkanes of at least 4 members (excludes halogenated alkanes) is 2. The summed E-state index contributed by atoms with van der Waals surface area (Å²) < 4.78 is 10.8. The van der Waals surface area contributed by atoms with Gasteiger partial charge in [0.2, 0.25) is 0 Å². The lowest BCUT2D eigenvalue weighted by atomic mass is 10.0. The van der Waals surface area contributed by atoms with Crippen molar-refractivity contribution < 1.29 is 19.1 Å². The number of rotatable bonds is 14. The zero-order valence-electron chi connectivity index (χ0n) is 18.0. The van der Waals surface area contributed by atoms with Gasteiger partial charge in [-0.15, -0.1) is 0 Å². The first-order valence-corrected chi connectivity index (χ1v) is 10.9. The van der Waals surface area contributed by atoms with Gasteiger partial charge in [0.1, 0.15) is 5.69 Å². The molecule has 5 heteroatoms. The highest BCUT2D eigenvalue weighted by molar-refractivity contribution is 5.91. The average Bonchev–Trinajstić information content (AvgIpc) is 2.73. The van der Waals surface area contributed by atoms with E-state index in [4.69, 9.17) is 9.47 Å². The summed E-state index contributed by atoms with van der Waals surface area (Å²) in [5.74, 6) is -0.0591. The largest absolute Gasteiger partial charge is 0.462 e. The van der Waals surface area contributed by atoms with E-state index in [0.717, 1.165) is 51.4 Å². The topological polar surface area (TPSA) is 65.5 Å². The number of carbonyl (C=O) groups excluding carboxylic acids is 2. The highest BCUT2D eigenvalue weighted by atomic mass is 16.5. The van der Waals surface area contributed by atoms with Crippen LogP contribution in [-0.4, -0.2) is 30.1 Å². The van der Waals surface area contributed by atoms with Crippen molar-refractivity contribution in [1.29, 1.82) is 0 Å². The van der Waals surface area contributed by atoms with Crippen LogP contribution in [0.2, 0.25) is 0 Å². The first kappa shape index (κ1) is 24.1. The summed E-state index contributed by atoms with van der Waals surface area (Å²) in [5.41, 5.74) is 0.576. The molecule has 2 unspecified atom stereocenters. The number of hydrogen-bond acceptors (Lipinski definition) is 5. The summed E-state index contributed by atoms with van der Waals surface area (Å²) in [5, 5.41) is 0. The number of nitrogens with zero attached hydrogens (tertiary/aromatic N) is 1. The molecule has 0 radical (unpaired) electrons. The summed E-state index contributed by atoms with van der Waals surface area (Å²) in [6, 6.07) is 3.10. The third kappa shape index (κ3) is 8.85. The number of pyridine rings is 1. The van der Waals surface area contributed by atoms with Crippen molar-refractivity contribution in [3.05, 3.63) is 29.6 Å². The molecule has 1 rings (SSSR count). The Hall–Kier alpha value is -1.91. The molecule has 158 valence electrons. The van der Waals surface area contributed by atoms with Gasteiger partial charge in [-0.2, -0.15) is 0 Å². The van der Waals surface area contributed by atoms with Gasteiger partial charge in [0.05, 0.1) is 18.8 Å². The maximum Gasteiger partial charge on any atom is 0.356 e. The van der Waals surface area contributed by atoms with Crippen molar-refractivity contribution in [2.24, 2.45) is 11.8 Å². The van der Waals surface area contributed by atoms with E-state index in [1.807, 2.05) is 0 Å². The molecule has 0 N–H and O–H groups in total. The summed E-state index contributed by atoms with van der Waals surface area (Å²) in [7, 11) is 0. The Bertz CT molecular complexity index is 519. The van der Waals surface area contributed by atoms with E-state index in [1.54, 1.807) is 6.07 Å². The van der Waals surface area contributed by atoms with Crippen molar-refractivity contribution in [1.82, 2.24) is 4.98 Å². The third-order valence-corrected chi connectivity index (χ3v) is 5.20. The van der Waals surface area contributed by atoms with Crippen LogP contribution >= 0.6 is 0 Å². The van der Waals surface area contributed by atoms with E-state index in [1.165, 1.54) is 12.3 Å². The van der Waals surface area contributed by atoms with E-state index in [0.29, 0.717) is 30.6 Å². The molecule has 1 aromatic heterocycles. The second kappa shape index (κ2) is 14.1. The molecule has 0 saturated heterocycles. The SMILES string of the molecule is CCCCC(CC)COC(=O)c1ccc(C(=O)OCC(CC)CCCC)nc1. The van der Waals surface area contributed by atoms with E-state index in [2.05, 4.69) is 32.7 Å². The fourth-order valence-electron chi connectivity index (χ4n) is 2.98. The van der Waals surface area contributed by atoms with Gasteiger partial charge in [0.25, 0.3) is 0 Å². The monoisotopic (exact) mass is 391 g/mol. The van der Waals surface area contributed by atoms with Gasteiger partial charge < -0.3 is 9.47 Å². The van der Waals surface area contributed by atoms with Gasteiger partial charge in [-0.1, -0.05) is 66.2 Å². The van der Waals surface area contributed by atoms with Crippen molar-refractivity contribution in [2.75, 3.05) is 13.2 Å². The molecule has 0 fully saturated rings. The lowest BCUT2D eigenvalue weighted by Crippen LogP contribution is -2.16. The van der Waals surface area contributed by atoms with Crippen LogP contribution in [0.15, 0.2) is 18.3 Å². The number of carbonyl (C=O) groups is 2. The third-order valence-electron chi connectivity index (χ3n) is 5.20. The van der Waals surface area contributed by atoms with Gasteiger partial charge in [-0.25, -0.2) is 14.6 Å². The normalized spacial score (nSPS) is 13.0. The van der Waals surface area contributed by atoms with Crippen LogP contribution in [-0.2, 0) is 9.47 Å². The molecule has 0 aliphatic carbocycles. The number of hydrogen-bond donors (Lipinski definition) is 0. The molecule has 0 spiro atoms. The predicted molar refractivity (Wildman–Crippen MR) is 111 cm³/mol. The van der Waals surface area contributed by atoms with Gasteiger partial charge in [-0.05, 0) is 36.8 Å². The summed E-state index contributed by atoms with van der Waals surface area (Å²) >= 11 is 0. The van der Waals surface area contributed by atoms with Gasteiger partial charge in [-0.3, -0.25) is 0 Å². The Labute approximate surface area is 170 Å². The fourth-order valence-corrected chi connectivity index (χ4v) is 2.98. The van der Waals surface area contributed by atoms with E-state index in [-0.39, 0.29) is 5.69 Å². The van der Waals surface area contributed by atoms with Crippen molar-refractivity contribution in [3.8, 4) is 0 Å². The molecule has 1 aromatic rings. The summed E-state index contributed by atoms with van der Waals surface area (Å²) in [6.45, 7) is 9.37. The summed E-state index contributed by atoms with van der Waals surface area (Å²) in [4.78, 5) is 28.5. The second-order valence-electron chi connectivity index (χ2n) is 7.46. The van der Waals surface area contributed by atoms with Crippen LogP contribution in [0.25, 0.3) is 0 Å². The summed E-state index contributed by atoms with van der Waals surface area (Å²) in [6.07, 6.45) is 10.1. The molecular weight excluding hydrogens is 354 g/mol. The zero-order valence-corrected chi connectivity index (χ0v) is 18.0. The number of esters is 2.